The van der Waals surface area contributed by atoms with Gasteiger partial charge in [0.15, 0.2) is 5.82 Å². The standard InChI is InChI=1S/C14H10N6/c15-9-10-2-1-3-12(8-10)20-14(16)13(18-19-20)11-4-6-17-7-5-11/h1-8H,16H2. The molecule has 0 unspecified atom stereocenters. The van der Waals surface area contributed by atoms with Gasteiger partial charge in [0.25, 0.3) is 0 Å². The van der Waals surface area contributed by atoms with Crippen molar-refractivity contribution < 1.29 is 0 Å². The minimum absolute atomic E-state index is 0.422. The van der Waals surface area contributed by atoms with Crippen LogP contribution in [0, 0.1) is 11.3 Å². The van der Waals surface area contributed by atoms with Gasteiger partial charge in [0.1, 0.15) is 5.69 Å². The molecule has 2 heterocycles. The number of rotatable bonds is 2. The third-order valence-electron chi connectivity index (χ3n) is 2.88. The minimum atomic E-state index is 0.422. The summed E-state index contributed by atoms with van der Waals surface area (Å²) >= 11 is 0. The van der Waals surface area contributed by atoms with Gasteiger partial charge in [-0.15, -0.1) is 5.10 Å². The van der Waals surface area contributed by atoms with Crippen molar-refractivity contribution in [3.63, 3.8) is 0 Å². The lowest BCUT2D eigenvalue weighted by molar-refractivity contribution is 0.810. The summed E-state index contributed by atoms with van der Waals surface area (Å²) in [6.45, 7) is 0. The monoisotopic (exact) mass is 262 g/mol. The van der Waals surface area contributed by atoms with Gasteiger partial charge in [-0.25, -0.2) is 0 Å². The first-order valence-electron chi connectivity index (χ1n) is 5.91. The van der Waals surface area contributed by atoms with Crippen LogP contribution in [0.5, 0.6) is 0 Å². The third-order valence-corrected chi connectivity index (χ3v) is 2.88. The highest BCUT2D eigenvalue weighted by Crippen LogP contribution is 2.24. The van der Waals surface area contributed by atoms with Gasteiger partial charge >= 0.3 is 0 Å². The summed E-state index contributed by atoms with van der Waals surface area (Å²) in [5.74, 6) is 0.422. The maximum Gasteiger partial charge on any atom is 0.155 e. The van der Waals surface area contributed by atoms with Crippen molar-refractivity contribution in [2.45, 2.75) is 0 Å². The fourth-order valence-electron chi connectivity index (χ4n) is 1.90. The Hall–Kier alpha value is -3.20. The molecular weight excluding hydrogens is 252 g/mol. The molecular formula is C14H10N6. The van der Waals surface area contributed by atoms with Crippen molar-refractivity contribution in [3.8, 4) is 23.0 Å². The Bertz CT molecular complexity index is 785. The highest BCUT2D eigenvalue weighted by Gasteiger charge is 2.12. The van der Waals surface area contributed by atoms with Gasteiger partial charge in [-0.2, -0.15) is 9.94 Å². The first-order valence-corrected chi connectivity index (χ1v) is 5.91. The largest absolute Gasteiger partial charge is 0.382 e. The number of nitriles is 1. The van der Waals surface area contributed by atoms with E-state index in [9.17, 15) is 0 Å². The molecule has 0 aliphatic carbocycles. The first kappa shape index (κ1) is 11.9. The van der Waals surface area contributed by atoms with Crippen LogP contribution in [0.25, 0.3) is 16.9 Å². The fraction of sp³-hybridized carbons (Fsp3) is 0. The minimum Gasteiger partial charge on any atom is -0.382 e. The Kier molecular flexibility index (Phi) is 2.86. The molecule has 6 heteroatoms. The molecule has 1 aromatic carbocycles. The zero-order chi connectivity index (χ0) is 13.9. The Morgan fingerprint density at radius 3 is 2.70 bits per heavy atom. The molecule has 20 heavy (non-hydrogen) atoms. The molecule has 96 valence electrons. The van der Waals surface area contributed by atoms with Crippen molar-refractivity contribution >= 4 is 5.82 Å². The van der Waals surface area contributed by atoms with E-state index in [1.54, 1.807) is 30.6 Å². The summed E-state index contributed by atoms with van der Waals surface area (Å²) < 4.78 is 1.51. The number of nitrogen functional groups attached to an aromatic ring is 1. The van der Waals surface area contributed by atoms with E-state index < -0.39 is 0 Å². The molecule has 0 spiro atoms. The predicted octanol–water partition coefficient (Wildman–Crippen LogP) is 1.78. The number of hydrogen-bond acceptors (Lipinski definition) is 5. The molecule has 0 fully saturated rings. The predicted molar refractivity (Wildman–Crippen MR) is 73.7 cm³/mol. The van der Waals surface area contributed by atoms with Gasteiger partial charge < -0.3 is 5.73 Å². The molecule has 0 atom stereocenters. The van der Waals surface area contributed by atoms with Gasteiger partial charge in [0.2, 0.25) is 0 Å². The molecule has 0 amide bonds. The Labute approximate surface area is 115 Å². The number of nitrogens with two attached hydrogens (primary N) is 1. The second kappa shape index (κ2) is 4.82. The fourth-order valence-corrected chi connectivity index (χ4v) is 1.90. The zero-order valence-corrected chi connectivity index (χ0v) is 10.4. The summed E-state index contributed by atoms with van der Waals surface area (Å²) in [5, 5.41) is 17.1. The Balaban J connectivity index is 2.09. The molecule has 0 saturated heterocycles. The van der Waals surface area contributed by atoms with Crippen molar-refractivity contribution in [3.05, 3.63) is 54.4 Å². The molecule has 0 bridgehead atoms. The molecule has 0 radical (unpaired) electrons. The van der Waals surface area contributed by atoms with E-state index in [1.807, 2.05) is 18.2 Å². The highest BCUT2D eigenvalue weighted by atomic mass is 15.5. The Morgan fingerprint density at radius 1 is 1.15 bits per heavy atom. The van der Waals surface area contributed by atoms with E-state index in [0.29, 0.717) is 22.8 Å². The van der Waals surface area contributed by atoms with E-state index in [4.69, 9.17) is 11.0 Å². The van der Waals surface area contributed by atoms with Gasteiger partial charge in [-0.05, 0) is 30.3 Å². The molecule has 2 aromatic heterocycles. The quantitative estimate of drug-likeness (QED) is 0.759. The van der Waals surface area contributed by atoms with Crippen LogP contribution < -0.4 is 5.73 Å². The average Bonchev–Trinajstić information content (AvgIpc) is 2.90. The zero-order valence-electron chi connectivity index (χ0n) is 10.4. The van der Waals surface area contributed by atoms with Crippen LogP contribution in [-0.4, -0.2) is 20.0 Å². The molecule has 3 rings (SSSR count). The maximum absolute atomic E-state index is 8.93. The van der Waals surface area contributed by atoms with E-state index in [0.717, 1.165) is 5.56 Å². The number of benzene rings is 1. The first-order chi connectivity index (χ1) is 9.79. The second-order valence-electron chi connectivity index (χ2n) is 4.13. The third kappa shape index (κ3) is 1.97. The van der Waals surface area contributed by atoms with Gasteiger partial charge in [-0.1, -0.05) is 11.3 Å². The van der Waals surface area contributed by atoms with E-state index in [2.05, 4.69) is 21.4 Å². The lowest BCUT2D eigenvalue weighted by atomic mass is 10.2. The SMILES string of the molecule is N#Cc1cccc(-n2nnc(-c3ccncc3)c2N)c1. The number of hydrogen-bond donors (Lipinski definition) is 1. The smallest absolute Gasteiger partial charge is 0.155 e. The second-order valence-corrected chi connectivity index (χ2v) is 4.13. The van der Waals surface area contributed by atoms with Crippen molar-refractivity contribution in [2.75, 3.05) is 5.73 Å². The number of aromatic nitrogens is 4. The Morgan fingerprint density at radius 2 is 1.95 bits per heavy atom. The van der Waals surface area contributed by atoms with Crippen LogP contribution in [-0.2, 0) is 0 Å². The summed E-state index contributed by atoms with van der Waals surface area (Å²) in [7, 11) is 0. The van der Waals surface area contributed by atoms with Crippen LogP contribution in [0.3, 0.4) is 0 Å². The number of pyridine rings is 1. The molecule has 0 aliphatic heterocycles. The van der Waals surface area contributed by atoms with Crippen molar-refractivity contribution in [1.29, 1.82) is 5.26 Å². The lowest BCUT2D eigenvalue weighted by Crippen LogP contribution is -2.02. The van der Waals surface area contributed by atoms with Gasteiger partial charge in [0, 0.05) is 18.0 Å². The van der Waals surface area contributed by atoms with Crippen LogP contribution >= 0.6 is 0 Å². The van der Waals surface area contributed by atoms with Crippen LogP contribution in [0.1, 0.15) is 5.56 Å². The molecule has 2 N–H and O–H groups in total. The van der Waals surface area contributed by atoms with Gasteiger partial charge in [0.05, 0.1) is 17.3 Å². The van der Waals surface area contributed by atoms with Crippen LogP contribution in [0.4, 0.5) is 5.82 Å². The van der Waals surface area contributed by atoms with Crippen molar-refractivity contribution in [1.82, 2.24) is 20.0 Å². The molecule has 0 saturated carbocycles. The summed E-state index contributed by atoms with van der Waals surface area (Å²) in [4.78, 5) is 3.96. The van der Waals surface area contributed by atoms with Crippen LogP contribution in [0.2, 0.25) is 0 Å². The molecule has 3 aromatic rings. The summed E-state index contributed by atoms with van der Waals surface area (Å²) in [5.41, 5.74) is 8.78. The number of anilines is 1. The summed E-state index contributed by atoms with van der Waals surface area (Å²) in [6, 6.07) is 12.7. The number of nitrogens with zero attached hydrogens (tertiary/aromatic N) is 5. The van der Waals surface area contributed by atoms with E-state index in [-0.39, 0.29) is 0 Å². The topological polar surface area (TPSA) is 93.4 Å². The van der Waals surface area contributed by atoms with E-state index in [1.165, 1.54) is 4.68 Å². The maximum atomic E-state index is 8.93. The van der Waals surface area contributed by atoms with Crippen molar-refractivity contribution in [2.24, 2.45) is 0 Å². The lowest BCUT2D eigenvalue weighted by Gasteiger charge is -2.03. The molecule has 6 nitrogen and oxygen atoms in total. The highest BCUT2D eigenvalue weighted by molar-refractivity contribution is 5.70. The molecule has 0 aliphatic rings. The normalized spacial score (nSPS) is 10.2. The van der Waals surface area contributed by atoms with E-state index >= 15 is 0 Å². The average molecular weight is 262 g/mol. The van der Waals surface area contributed by atoms with Gasteiger partial charge in [-0.3, -0.25) is 4.98 Å². The summed E-state index contributed by atoms with van der Waals surface area (Å²) in [6.07, 6.45) is 3.34. The van der Waals surface area contributed by atoms with Crippen LogP contribution in [0.15, 0.2) is 48.8 Å².